The molecular formula is C23H24N2O4S. The van der Waals surface area contributed by atoms with Crippen molar-refractivity contribution < 1.29 is 17.4 Å². The van der Waals surface area contributed by atoms with E-state index in [2.05, 4.69) is 4.57 Å². The van der Waals surface area contributed by atoms with Gasteiger partial charge in [0.25, 0.3) is 5.91 Å². The van der Waals surface area contributed by atoms with Gasteiger partial charge in [-0.15, -0.1) is 0 Å². The van der Waals surface area contributed by atoms with Crippen molar-refractivity contribution in [1.82, 2.24) is 9.47 Å². The van der Waals surface area contributed by atoms with E-state index in [0.29, 0.717) is 17.7 Å². The van der Waals surface area contributed by atoms with Gasteiger partial charge in [-0.2, -0.15) is 8.42 Å². The van der Waals surface area contributed by atoms with Gasteiger partial charge in [-0.25, -0.2) is 0 Å². The number of carbonyl (C=O) groups is 1. The lowest BCUT2D eigenvalue weighted by Gasteiger charge is -2.35. The number of fused-ring (bicyclic) bond motifs is 1. The van der Waals surface area contributed by atoms with Crippen molar-refractivity contribution in [3.8, 4) is 5.75 Å². The van der Waals surface area contributed by atoms with E-state index in [0.717, 1.165) is 17.8 Å². The summed E-state index contributed by atoms with van der Waals surface area (Å²) < 4.78 is 32.8. The SMILES string of the molecule is Cc1ccc(C)c(S(=O)(=O)Oc2ccc(C(=O)N3CCn4cccc4C3C)cc2)c1. The molecule has 156 valence electrons. The summed E-state index contributed by atoms with van der Waals surface area (Å²) >= 11 is 0. The first-order valence-corrected chi connectivity index (χ1v) is 11.2. The molecule has 6 nitrogen and oxygen atoms in total. The highest BCUT2D eigenvalue weighted by molar-refractivity contribution is 7.87. The van der Waals surface area contributed by atoms with E-state index in [1.807, 2.05) is 43.1 Å². The lowest BCUT2D eigenvalue weighted by atomic mass is 10.1. The number of aromatic nitrogens is 1. The van der Waals surface area contributed by atoms with Crippen LogP contribution in [0.2, 0.25) is 0 Å². The highest BCUT2D eigenvalue weighted by Crippen LogP contribution is 2.28. The molecule has 1 atom stereocenters. The molecule has 1 aliphatic heterocycles. The van der Waals surface area contributed by atoms with Crippen molar-refractivity contribution in [3.05, 3.63) is 83.2 Å². The van der Waals surface area contributed by atoms with E-state index in [-0.39, 0.29) is 22.6 Å². The Labute approximate surface area is 176 Å². The number of carbonyl (C=O) groups excluding carboxylic acids is 1. The molecular weight excluding hydrogens is 400 g/mol. The summed E-state index contributed by atoms with van der Waals surface area (Å²) in [6, 6.07) is 15.4. The van der Waals surface area contributed by atoms with Gasteiger partial charge in [-0.05, 0) is 74.4 Å². The number of benzene rings is 2. The summed E-state index contributed by atoms with van der Waals surface area (Å²) in [4.78, 5) is 15.0. The lowest BCUT2D eigenvalue weighted by Crippen LogP contribution is -2.40. The van der Waals surface area contributed by atoms with E-state index in [4.69, 9.17) is 4.18 Å². The second kappa shape index (κ2) is 7.65. The summed E-state index contributed by atoms with van der Waals surface area (Å²) in [5, 5.41) is 0. The summed E-state index contributed by atoms with van der Waals surface area (Å²) in [6.07, 6.45) is 2.02. The molecule has 0 N–H and O–H groups in total. The summed E-state index contributed by atoms with van der Waals surface area (Å²) in [7, 11) is -3.95. The number of amides is 1. The van der Waals surface area contributed by atoms with Crippen molar-refractivity contribution in [1.29, 1.82) is 0 Å². The van der Waals surface area contributed by atoms with Crippen LogP contribution in [0.5, 0.6) is 5.75 Å². The molecule has 0 saturated carbocycles. The van der Waals surface area contributed by atoms with Crippen molar-refractivity contribution >= 4 is 16.0 Å². The maximum Gasteiger partial charge on any atom is 0.339 e. The van der Waals surface area contributed by atoms with Gasteiger partial charge in [-0.3, -0.25) is 4.79 Å². The van der Waals surface area contributed by atoms with Crippen molar-refractivity contribution in [2.75, 3.05) is 6.54 Å². The molecule has 0 aliphatic carbocycles. The zero-order valence-corrected chi connectivity index (χ0v) is 18.0. The third kappa shape index (κ3) is 3.73. The average molecular weight is 425 g/mol. The molecule has 7 heteroatoms. The fourth-order valence-electron chi connectivity index (χ4n) is 3.82. The smallest absolute Gasteiger partial charge is 0.339 e. The normalized spacial score (nSPS) is 16.2. The van der Waals surface area contributed by atoms with Gasteiger partial charge in [0.15, 0.2) is 0 Å². The Morgan fingerprint density at radius 3 is 2.50 bits per heavy atom. The van der Waals surface area contributed by atoms with Gasteiger partial charge in [0.05, 0.1) is 6.04 Å². The van der Waals surface area contributed by atoms with E-state index in [9.17, 15) is 13.2 Å². The second-order valence-corrected chi connectivity index (χ2v) is 9.15. The maximum absolute atomic E-state index is 13.0. The number of nitrogens with zero attached hydrogens (tertiary/aromatic N) is 2. The number of aryl methyl sites for hydroxylation is 2. The number of hydrogen-bond donors (Lipinski definition) is 0. The van der Waals surface area contributed by atoms with Gasteiger partial charge in [0.1, 0.15) is 10.6 Å². The molecule has 1 aromatic heterocycles. The van der Waals surface area contributed by atoms with Gasteiger partial charge < -0.3 is 13.7 Å². The van der Waals surface area contributed by atoms with E-state index in [1.54, 1.807) is 31.2 Å². The van der Waals surface area contributed by atoms with Crippen LogP contribution in [0.25, 0.3) is 0 Å². The van der Waals surface area contributed by atoms with Gasteiger partial charge in [0.2, 0.25) is 0 Å². The first-order chi connectivity index (χ1) is 14.3. The van der Waals surface area contributed by atoms with E-state index in [1.165, 1.54) is 12.1 Å². The van der Waals surface area contributed by atoms with Crippen LogP contribution >= 0.6 is 0 Å². The first kappa shape index (κ1) is 20.2. The van der Waals surface area contributed by atoms with Crippen molar-refractivity contribution in [3.63, 3.8) is 0 Å². The zero-order chi connectivity index (χ0) is 21.5. The maximum atomic E-state index is 13.0. The van der Waals surface area contributed by atoms with Crippen LogP contribution in [0.15, 0.2) is 65.7 Å². The zero-order valence-electron chi connectivity index (χ0n) is 17.2. The molecule has 0 fully saturated rings. The quantitative estimate of drug-likeness (QED) is 0.592. The fraction of sp³-hybridized carbons (Fsp3) is 0.261. The van der Waals surface area contributed by atoms with Gasteiger partial charge in [0, 0.05) is 30.5 Å². The van der Waals surface area contributed by atoms with Crippen LogP contribution in [-0.2, 0) is 16.7 Å². The molecule has 1 unspecified atom stereocenters. The molecule has 4 rings (SSSR count). The molecule has 0 spiro atoms. The predicted octanol–water partition coefficient (Wildman–Crippen LogP) is 4.09. The van der Waals surface area contributed by atoms with Crippen molar-refractivity contribution in [2.24, 2.45) is 0 Å². The van der Waals surface area contributed by atoms with Crippen LogP contribution < -0.4 is 4.18 Å². The summed E-state index contributed by atoms with van der Waals surface area (Å²) in [5.41, 5.74) is 3.06. The Balaban J connectivity index is 1.52. The summed E-state index contributed by atoms with van der Waals surface area (Å²) in [5.74, 6) is 0.0897. The number of rotatable bonds is 4. The molecule has 2 aromatic carbocycles. The molecule has 3 aromatic rings. The molecule has 0 radical (unpaired) electrons. The van der Waals surface area contributed by atoms with Crippen LogP contribution in [-0.4, -0.2) is 30.3 Å². The minimum absolute atomic E-state index is 0.0261. The highest BCUT2D eigenvalue weighted by atomic mass is 32.2. The van der Waals surface area contributed by atoms with Crippen LogP contribution in [0.4, 0.5) is 0 Å². The Bertz CT molecular complexity index is 1200. The largest absolute Gasteiger partial charge is 0.379 e. The Morgan fingerprint density at radius 1 is 1.03 bits per heavy atom. The molecule has 1 aliphatic rings. The average Bonchev–Trinajstić information content (AvgIpc) is 3.20. The highest BCUT2D eigenvalue weighted by Gasteiger charge is 2.28. The minimum atomic E-state index is -3.95. The first-order valence-electron chi connectivity index (χ1n) is 9.84. The van der Waals surface area contributed by atoms with E-state index < -0.39 is 10.1 Å². The third-order valence-electron chi connectivity index (χ3n) is 5.52. The molecule has 0 saturated heterocycles. The fourth-order valence-corrected chi connectivity index (χ4v) is 5.07. The summed E-state index contributed by atoms with van der Waals surface area (Å²) in [6.45, 7) is 6.96. The van der Waals surface area contributed by atoms with Crippen LogP contribution in [0.3, 0.4) is 0 Å². The molecule has 0 bridgehead atoms. The predicted molar refractivity (Wildman–Crippen MR) is 114 cm³/mol. The third-order valence-corrected chi connectivity index (χ3v) is 6.91. The Morgan fingerprint density at radius 2 is 1.77 bits per heavy atom. The Hall–Kier alpha value is -3.06. The molecule has 30 heavy (non-hydrogen) atoms. The topological polar surface area (TPSA) is 68.6 Å². The van der Waals surface area contributed by atoms with Crippen molar-refractivity contribution in [2.45, 2.75) is 38.3 Å². The van der Waals surface area contributed by atoms with Crippen LogP contribution in [0.1, 0.15) is 40.1 Å². The minimum Gasteiger partial charge on any atom is -0.379 e. The monoisotopic (exact) mass is 424 g/mol. The molecule has 2 heterocycles. The van der Waals surface area contributed by atoms with Gasteiger partial charge >= 0.3 is 10.1 Å². The van der Waals surface area contributed by atoms with Crippen LogP contribution in [0, 0.1) is 13.8 Å². The standard InChI is InChI=1S/C23H24N2O4S/c1-16-6-7-17(2)22(15-16)30(27,28)29-20-10-8-19(9-11-20)23(26)25-14-13-24-12-4-5-21(24)18(25)3/h4-12,15,18H,13-14H2,1-3H3. The Kier molecular flexibility index (Phi) is 5.15. The molecule has 1 amide bonds. The second-order valence-electron chi connectivity index (χ2n) is 7.63. The number of hydrogen-bond acceptors (Lipinski definition) is 4. The van der Waals surface area contributed by atoms with E-state index >= 15 is 0 Å². The lowest BCUT2D eigenvalue weighted by molar-refractivity contribution is 0.0644. The van der Waals surface area contributed by atoms with Gasteiger partial charge in [-0.1, -0.05) is 12.1 Å².